The monoisotopic (exact) mass is 235 g/mol. The number of hydrogen-bond acceptors (Lipinski definition) is 3. The molecule has 2 N–H and O–H groups in total. The lowest BCUT2D eigenvalue weighted by atomic mass is 9.91. The second-order valence-electron chi connectivity index (χ2n) is 4.74. The summed E-state index contributed by atoms with van der Waals surface area (Å²) >= 11 is 0. The Bertz CT molecular complexity index is 370. The normalized spacial score (nSPS) is 14.8. The van der Waals surface area contributed by atoms with E-state index >= 15 is 0 Å². The summed E-state index contributed by atoms with van der Waals surface area (Å²) in [6.45, 7) is 8.49. The summed E-state index contributed by atoms with van der Waals surface area (Å²) in [6, 6.07) is 6.49. The number of phenolic OH excluding ortho intramolecular Hbond substituents is 1. The predicted octanol–water partition coefficient (Wildman–Crippen LogP) is 2.46. The molecule has 94 valence electrons. The Balaban J connectivity index is 0.000000181. The molecule has 1 aliphatic heterocycles. The van der Waals surface area contributed by atoms with Crippen LogP contribution in [0.1, 0.15) is 31.1 Å². The van der Waals surface area contributed by atoms with Gasteiger partial charge < -0.3 is 10.4 Å². The second-order valence-corrected chi connectivity index (χ2v) is 4.74. The molecular formula is C14H21NO2. The molecule has 3 nitrogen and oxygen atoms in total. The minimum atomic E-state index is -0.113. The number of carbonyl (C=O) groups is 1. The Morgan fingerprint density at radius 3 is 2.18 bits per heavy atom. The number of aromatic hydroxyl groups is 1. The van der Waals surface area contributed by atoms with E-state index in [2.05, 4.69) is 19.2 Å². The van der Waals surface area contributed by atoms with Gasteiger partial charge in [0.2, 0.25) is 0 Å². The molecule has 0 spiro atoms. The third-order valence-corrected chi connectivity index (χ3v) is 3.04. The molecule has 3 heteroatoms. The first-order chi connectivity index (χ1) is 8.02. The van der Waals surface area contributed by atoms with Crippen LogP contribution in [-0.2, 0) is 0 Å². The van der Waals surface area contributed by atoms with E-state index in [1.54, 1.807) is 18.2 Å². The fourth-order valence-electron chi connectivity index (χ4n) is 1.55. The van der Waals surface area contributed by atoms with Gasteiger partial charge in [-0.1, -0.05) is 26.0 Å². The first-order valence-electron chi connectivity index (χ1n) is 6.02. The highest BCUT2D eigenvalue weighted by atomic mass is 16.3. The molecule has 0 bridgehead atoms. The van der Waals surface area contributed by atoms with Crippen LogP contribution in [0, 0.1) is 11.8 Å². The van der Waals surface area contributed by atoms with Crippen molar-refractivity contribution in [3.63, 3.8) is 0 Å². The van der Waals surface area contributed by atoms with Gasteiger partial charge in [-0.15, -0.1) is 0 Å². The smallest absolute Gasteiger partial charge is 0.163 e. The Labute approximate surface area is 103 Å². The number of benzene rings is 1. The van der Waals surface area contributed by atoms with Gasteiger partial charge in [0.1, 0.15) is 5.75 Å². The number of hydrogen-bond donors (Lipinski definition) is 2. The Kier molecular flexibility index (Phi) is 5.16. The average molecular weight is 235 g/mol. The summed E-state index contributed by atoms with van der Waals surface area (Å²) in [5, 5.41) is 12.3. The quantitative estimate of drug-likeness (QED) is 0.774. The molecule has 2 rings (SSSR count). The second kappa shape index (κ2) is 6.40. The molecule has 0 radical (unpaired) electrons. The van der Waals surface area contributed by atoms with Crippen molar-refractivity contribution in [1.82, 2.24) is 5.32 Å². The summed E-state index contributed by atoms with van der Waals surface area (Å²) in [5.74, 6) is 1.80. The molecule has 1 heterocycles. The third-order valence-electron chi connectivity index (χ3n) is 3.04. The topological polar surface area (TPSA) is 49.3 Å². The van der Waals surface area contributed by atoms with Gasteiger partial charge in [0, 0.05) is 0 Å². The predicted molar refractivity (Wildman–Crippen MR) is 69.3 cm³/mol. The number of ketones is 1. The average Bonchev–Trinajstić information content (AvgIpc) is 2.15. The fourth-order valence-corrected chi connectivity index (χ4v) is 1.55. The Hall–Kier alpha value is -1.35. The van der Waals surface area contributed by atoms with Gasteiger partial charge in [0.15, 0.2) is 5.78 Å². The lowest BCUT2D eigenvalue weighted by Gasteiger charge is -2.30. The van der Waals surface area contributed by atoms with Crippen molar-refractivity contribution in [3.8, 4) is 5.75 Å². The van der Waals surface area contributed by atoms with Crippen LogP contribution in [0.15, 0.2) is 24.3 Å². The summed E-state index contributed by atoms with van der Waals surface area (Å²) in [7, 11) is 0. The molecule has 0 aromatic heterocycles. The van der Waals surface area contributed by atoms with E-state index in [0.29, 0.717) is 5.56 Å². The molecule has 0 saturated carbocycles. The first kappa shape index (κ1) is 13.7. The lowest BCUT2D eigenvalue weighted by Crippen LogP contribution is -2.44. The third kappa shape index (κ3) is 4.19. The molecule has 0 aliphatic carbocycles. The van der Waals surface area contributed by atoms with Crippen LogP contribution < -0.4 is 5.32 Å². The van der Waals surface area contributed by atoms with Crippen molar-refractivity contribution in [2.45, 2.75) is 20.8 Å². The van der Waals surface area contributed by atoms with E-state index in [1.807, 2.05) is 0 Å². The van der Waals surface area contributed by atoms with Crippen LogP contribution in [0.4, 0.5) is 0 Å². The van der Waals surface area contributed by atoms with E-state index in [1.165, 1.54) is 26.1 Å². The maximum atomic E-state index is 10.7. The minimum absolute atomic E-state index is 0.0509. The number of carbonyl (C=O) groups excluding carboxylic acids is 1. The van der Waals surface area contributed by atoms with Gasteiger partial charge >= 0.3 is 0 Å². The molecule has 17 heavy (non-hydrogen) atoms. The summed E-state index contributed by atoms with van der Waals surface area (Å²) < 4.78 is 0. The molecule has 1 fully saturated rings. The summed E-state index contributed by atoms with van der Waals surface area (Å²) in [6.07, 6.45) is 0. The number of phenols is 1. The van der Waals surface area contributed by atoms with Crippen molar-refractivity contribution in [3.05, 3.63) is 29.8 Å². The zero-order valence-corrected chi connectivity index (χ0v) is 10.7. The van der Waals surface area contributed by atoms with E-state index in [9.17, 15) is 4.79 Å². The highest BCUT2D eigenvalue weighted by Crippen LogP contribution is 2.15. The minimum Gasteiger partial charge on any atom is -0.507 e. The van der Waals surface area contributed by atoms with Crippen LogP contribution >= 0.6 is 0 Å². The molecule has 0 amide bonds. The maximum Gasteiger partial charge on any atom is 0.163 e. The number of nitrogens with one attached hydrogen (secondary N) is 1. The fraction of sp³-hybridized carbons (Fsp3) is 0.500. The van der Waals surface area contributed by atoms with Gasteiger partial charge in [0.25, 0.3) is 0 Å². The van der Waals surface area contributed by atoms with Gasteiger partial charge in [-0.25, -0.2) is 0 Å². The Morgan fingerprint density at radius 2 is 1.94 bits per heavy atom. The van der Waals surface area contributed by atoms with E-state index in [-0.39, 0.29) is 11.5 Å². The zero-order chi connectivity index (χ0) is 12.8. The van der Waals surface area contributed by atoms with Crippen LogP contribution in [-0.4, -0.2) is 24.0 Å². The van der Waals surface area contributed by atoms with Crippen molar-refractivity contribution >= 4 is 5.78 Å². The standard InChI is InChI=1S/C8H8O2.C6H13N/c1-6(9)7-4-2-3-5-8(7)10;1-5(2)6-3-7-4-6/h2-5,10H,1H3;5-7H,3-4H2,1-2H3. The van der Waals surface area contributed by atoms with E-state index in [0.717, 1.165) is 11.8 Å². The van der Waals surface area contributed by atoms with Crippen molar-refractivity contribution < 1.29 is 9.90 Å². The number of para-hydroxylation sites is 1. The van der Waals surface area contributed by atoms with E-state index in [4.69, 9.17) is 5.11 Å². The number of rotatable bonds is 2. The molecule has 0 unspecified atom stereocenters. The van der Waals surface area contributed by atoms with E-state index < -0.39 is 0 Å². The highest BCUT2D eigenvalue weighted by Gasteiger charge is 2.19. The molecule has 1 aromatic carbocycles. The summed E-state index contributed by atoms with van der Waals surface area (Å²) in [5.41, 5.74) is 0.377. The molecule has 1 aliphatic rings. The summed E-state index contributed by atoms with van der Waals surface area (Å²) in [4.78, 5) is 10.7. The molecule has 0 atom stereocenters. The van der Waals surface area contributed by atoms with Crippen molar-refractivity contribution in [1.29, 1.82) is 0 Å². The molecular weight excluding hydrogens is 214 g/mol. The SMILES string of the molecule is CC(=O)c1ccccc1O.CC(C)C1CNC1. The lowest BCUT2D eigenvalue weighted by molar-refractivity contribution is 0.101. The van der Waals surface area contributed by atoms with Gasteiger partial charge in [0.05, 0.1) is 5.56 Å². The number of Topliss-reactive ketones (excluding diaryl/α,β-unsaturated/α-hetero) is 1. The highest BCUT2D eigenvalue weighted by molar-refractivity contribution is 5.96. The first-order valence-corrected chi connectivity index (χ1v) is 6.02. The largest absolute Gasteiger partial charge is 0.507 e. The zero-order valence-electron chi connectivity index (χ0n) is 10.7. The van der Waals surface area contributed by atoms with Gasteiger partial charge in [-0.2, -0.15) is 0 Å². The van der Waals surface area contributed by atoms with Crippen LogP contribution in [0.2, 0.25) is 0 Å². The van der Waals surface area contributed by atoms with Crippen LogP contribution in [0.5, 0.6) is 5.75 Å². The Morgan fingerprint density at radius 1 is 1.35 bits per heavy atom. The molecule has 1 saturated heterocycles. The van der Waals surface area contributed by atoms with Crippen molar-refractivity contribution in [2.75, 3.05) is 13.1 Å². The van der Waals surface area contributed by atoms with Gasteiger partial charge in [-0.05, 0) is 44.0 Å². The molecule has 1 aromatic rings. The van der Waals surface area contributed by atoms with Gasteiger partial charge in [-0.3, -0.25) is 4.79 Å². The van der Waals surface area contributed by atoms with Crippen LogP contribution in [0.3, 0.4) is 0 Å². The maximum absolute atomic E-state index is 10.7. The van der Waals surface area contributed by atoms with Crippen molar-refractivity contribution in [2.24, 2.45) is 11.8 Å². The van der Waals surface area contributed by atoms with Crippen LogP contribution in [0.25, 0.3) is 0 Å².